The van der Waals surface area contributed by atoms with Crippen LogP contribution in [0.5, 0.6) is 0 Å². The van der Waals surface area contributed by atoms with Gasteiger partial charge in [0.05, 0.1) is 19.3 Å². The van der Waals surface area contributed by atoms with Crippen LogP contribution in [0.1, 0.15) is 20.8 Å². The summed E-state index contributed by atoms with van der Waals surface area (Å²) < 4.78 is 17.0. The molecule has 0 aliphatic carbocycles. The third-order valence-electron chi connectivity index (χ3n) is 2.93. The lowest BCUT2D eigenvalue weighted by atomic mass is 10.1. The SMILES string of the molecule is CCS(=O)CC(COCCNC(C=O)C(C)C)NC. The van der Waals surface area contributed by atoms with Gasteiger partial charge < -0.3 is 20.2 Å². The summed E-state index contributed by atoms with van der Waals surface area (Å²) >= 11 is 0. The summed E-state index contributed by atoms with van der Waals surface area (Å²) in [7, 11) is 1.06. The monoisotopic (exact) mass is 292 g/mol. The van der Waals surface area contributed by atoms with E-state index in [0.717, 1.165) is 6.29 Å². The molecule has 0 rings (SSSR count). The van der Waals surface area contributed by atoms with Crippen LogP contribution in [-0.2, 0) is 20.3 Å². The minimum atomic E-state index is -0.784. The average molecular weight is 292 g/mol. The molecular weight excluding hydrogens is 264 g/mol. The Bertz CT molecular complexity index is 262. The number of ether oxygens (including phenoxy) is 1. The van der Waals surface area contributed by atoms with Crippen LogP contribution >= 0.6 is 0 Å². The van der Waals surface area contributed by atoms with Crippen LogP contribution in [0.4, 0.5) is 0 Å². The van der Waals surface area contributed by atoms with Gasteiger partial charge in [-0.1, -0.05) is 20.8 Å². The summed E-state index contributed by atoms with van der Waals surface area (Å²) in [4.78, 5) is 10.8. The van der Waals surface area contributed by atoms with Gasteiger partial charge in [-0.15, -0.1) is 0 Å². The second-order valence-corrected chi connectivity index (χ2v) is 6.61. The number of carbonyl (C=O) groups is 1. The highest BCUT2D eigenvalue weighted by atomic mass is 32.2. The molecule has 19 heavy (non-hydrogen) atoms. The molecule has 0 heterocycles. The maximum atomic E-state index is 11.4. The molecule has 0 aliphatic rings. The molecule has 5 nitrogen and oxygen atoms in total. The quantitative estimate of drug-likeness (QED) is 0.396. The van der Waals surface area contributed by atoms with Crippen molar-refractivity contribution in [1.82, 2.24) is 10.6 Å². The van der Waals surface area contributed by atoms with E-state index in [1.54, 1.807) is 0 Å². The number of carbonyl (C=O) groups excluding carboxylic acids is 1. The Hall–Kier alpha value is -0.300. The summed E-state index contributed by atoms with van der Waals surface area (Å²) in [6.07, 6.45) is 0.936. The van der Waals surface area contributed by atoms with E-state index in [2.05, 4.69) is 10.6 Å². The average Bonchev–Trinajstić information content (AvgIpc) is 2.40. The highest BCUT2D eigenvalue weighted by Gasteiger charge is 2.12. The van der Waals surface area contributed by atoms with Gasteiger partial charge in [0.1, 0.15) is 6.29 Å². The van der Waals surface area contributed by atoms with Crippen molar-refractivity contribution in [1.29, 1.82) is 0 Å². The molecule has 0 aromatic heterocycles. The van der Waals surface area contributed by atoms with Gasteiger partial charge in [0.25, 0.3) is 0 Å². The standard InChI is InChI=1S/C13H28N2O3S/c1-5-19(17)10-12(14-4)9-18-7-6-15-13(8-16)11(2)3/h8,11-15H,5-7,9-10H2,1-4H3. The third kappa shape index (κ3) is 9.27. The number of aldehydes is 1. The molecule has 3 unspecified atom stereocenters. The first kappa shape index (κ1) is 18.7. The molecule has 2 N–H and O–H groups in total. The summed E-state index contributed by atoms with van der Waals surface area (Å²) in [5, 5.41) is 6.24. The summed E-state index contributed by atoms with van der Waals surface area (Å²) in [5.41, 5.74) is 0. The van der Waals surface area contributed by atoms with E-state index in [-0.39, 0.29) is 18.0 Å². The molecule has 0 spiro atoms. The van der Waals surface area contributed by atoms with Crippen molar-refractivity contribution < 1.29 is 13.7 Å². The summed E-state index contributed by atoms with van der Waals surface area (Å²) in [6.45, 7) is 7.66. The number of hydrogen-bond donors (Lipinski definition) is 2. The van der Waals surface area contributed by atoms with Crippen molar-refractivity contribution in [3.05, 3.63) is 0 Å². The van der Waals surface area contributed by atoms with Crippen molar-refractivity contribution >= 4 is 17.1 Å². The maximum Gasteiger partial charge on any atom is 0.137 e. The molecule has 0 saturated carbocycles. The predicted octanol–water partition coefficient (Wildman–Crippen LogP) is 0.173. The lowest BCUT2D eigenvalue weighted by Gasteiger charge is -2.18. The van der Waals surface area contributed by atoms with Gasteiger partial charge in [-0.25, -0.2) is 0 Å². The van der Waals surface area contributed by atoms with E-state index in [1.165, 1.54) is 0 Å². The van der Waals surface area contributed by atoms with Gasteiger partial charge in [0, 0.05) is 34.9 Å². The van der Waals surface area contributed by atoms with Crippen LogP contribution in [-0.4, -0.2) is 60.9 Å². The fraction of sp³-hybridized carbons (Fsp3) is 0.923. The highest BCUT2D eigenvalue weighted by molar-refractivity contribution is 7.84. The Morgan fingerprint density at radius 2 is 2.05 bits per heavy atom. The van der Waals surface area contributed by atoms with Gasteiger partial charge in [0.15, 0.2) is 0 Å². The van der Waals surface area contributed by atoms with E-state index < -0.39 is 10.8 Å². The molecule has 0 fully saturated rings. The first-order valence-electron chi connectivity index (χ1n) is 6.83. The molecule has 0 amide bonds. The van der Waals surface area contributed by atoms with E-state index in [9.17, 15) is 9.00 Å². The Morgan fingerprint density at radius 1 is 1.37 bits per heavy atom. The minimum absolute atomic E-state index is 0.115. The smallest absolute Gasteiger partial charge is 0.137 e. The Kier molecular flexibility index (Phi) is 11.3. The van der Waals surface area contributed by atoms with Gasteiger partial charge in [0.2, 0.25) is 0 Å². The number of nitrogens with one attached hydrogen (secondary N) is 2. The molecule has 0 saturated heterocycles. The van der Waals surface area contributed by atoms with Crippen LogP contribution in [0.3, 0.4) is 0 Å². The van der Waals surface area contributed by atoms with E-state index in [1.807, 2.05) is 27.8 Å². The van der Waals surface area contributed by atoms with Crippen LogP contribution in [0.2, 0.25) is 0 Å². The van der Waals surface area contributed by atoms with E-state index in [0.29, 0.717) is 31.3 Å². The molecule has 0 radical (unpaired) electrons. The van der Waals surface area contributed by atoms with Crippen molar-refractivity contribution in [3.63, 3.8) is 0 Å². The first-order chi connectivity index (χ1) is 9.04. The van der Waals surface area contributed by atoms with Crippen LogP contribution < -0.4 is 10.6 Å². The second kappa shape index (κ2) is 11.5. The largest absolute Gasteiger partial charge is 0.378 e. The zero-order valence-corrected chi connectivity index (χ0v) is 13.3. The topological polar surface area (TPSA) is 67.4 Å². The summed E-state index contributed by atoms with van der Waals surface area (Å²) in [6, 6.07) is 0.00374. The number of likely N-dealkylation sites (N-methyl/N-ethyl adjacent to an activating group) is 1. The Labute approximate surface area is 119 Å². The van der Waals surface area contributed by atoms with Crippen LogP contribution in [0, 0.1) is 5.92 Å². The lowest BCUT2D eigenvalue weighted by molar-refractivity contribution is -0.110. The fourth-order valence-electron chi connectivity index (χ4n) is 1.52. The third-order valence-corrected chi connectivity index (χ3v) is 4.35. The van der Waals surface area contributed by atoms with Gasteiger partial charge in [-0.3, -0.25) is 4.21 Å². The molecule has 0 aliphatic heterocycles. The molecule has 0 aromatic carbocycles. The molecule has 114 valence electrons. The minimum Gasteiger partial charge on any atom is -0.378 e. The second-order valence-electron chi connectivity index (χ2n) is 4.82. The van der Waals surface area contributed by atoms with Crippen molar-refractivity contribution in [2.24, 2.45) is 5.92 Å². The first-order valence-corrected chi connectivity index (χ1v) is 8.32. The fourth-order valence-corrected chi connectivity index (χ4v) is 2.47. The van der Waals surface area contributed by atoms with Gasteiger partial charge in [-0.2, -0.15) is 0 Å². The Morgan fingerprint density at radius 3 is 2.53 bits per heavy atom. The molecule has 0 bridgehead atoms. The number of hydrogen-bond acceptors (Lipinski definition) is 5. The summed E-state index contributed by atoms with van der Waals surface area (Å²) in [5.74, 6) is 1.58. The molecule has 0 aromatic rings. The Balaban J connectivity index is 3.71. The van der Waals surface area contributed by atoms with Crippen molar-refractivity contribution in [2.45, 2.75) is 32.9 Å². The molecule has 6 heteroatoms. The van der Waals surface area contributed by atoms with Gasteiger partial charge in [-0.05, 0) is 13.0 Å². The van der Waals surface area contributed by atoms with Gasteiger partial charge >= 0.3 is 0 Å². The van der Waals surface area contributed by atoms with Crippen LogP contribution in [0.25, 0.3) is 0 Å². The lowest BCUT2D eigenvalue weighted by Crippen LogP contribution is -2.39. The zero-order chi connectivity index (χ0) is 14.7. The zero-order valence-electron chi connectivity index (χ0n) is 12.5. The molecular formula is C13H28N2O3S. The molecule has 3 atom stereocenters. The van der Waals surface area contributed by atoms with E-state index >= 15 is 0 Å². The predicted molar refractivity (Wildman–Crippen MR) is 79.9 cm³/mol. The normalized spacial score (nSPS) is 16.3. The van der Waals surface area contributed by atoms with Crippen molar-refractivity contribution in [2.75, 3.05) is 38.3 Å². The number of rotatable bonds is 12. The highest BCUT2D eigenvalue weighted by Crippen LogP contribution is 1.97. The van der Waals surface area contributed by atoms with Crippen LogP contribution in [0.15, 0.2) is 0 Å². The maximum absolute atomic E-state index is 11.4. The van der Waals surface area contributed by atoms with E-state index in [4.69, 9.17) is 4.74 Å². The van der Waals surface area contributed by atoms with Crippen molar-refractivity contribution in [3.8, 4) is 0 Å².